The summed E-state index contributed by atoms with van der Waals surface area (Å²) in [5.41, 5.74) is 0.770. The van der Waals surface area contributed by atoms with Gasteiger partial charge in [-0.1, -0.05) is 18.2 Å². The summed E-state index contributed by atoms with van der Waals surface area (Å²) in [5.74, 6) is 0. The zero-order chi connectivity index (χ0) is 14.6. The lowest BCUT2D eigenvalue weighted by Gasteiger charge is -2.31. The molecule has 0 aliphatic carbocycles. The Kier molecular flexibility index (Phi) is 5.15. The van der Waals surface area contributed by atoms with Gasteiger partial charge in [-0.3, -0.25) is 0 Å². The smallest absolute Gasteiger partial charge is 0.243 e. The molecule has 0 aromatic heterocycles. The Balaban J connectivity index is 2.04. The molecule has 112 valence electrons. The first-order chi connectivity index (χ1) is 9.55. The van der Waals surface area contributed by atoms with Crippen LogP contribution < -0.4 is 0 Å². The zero-order valence-electron chi connectivity index (χ0n) is 11.7. The third kappa shape index (κ3) is 3.38. The molecule has 2 rings (SSSR count). The van der Waals surface area contributed by atoms with E-state index in [0.717, 1.165) is 5.56 Å². The number of nitrogens with zero attached hydrogens (tertiary/aromatic N) is 1. The monoisotopic (exact) mass is 299 g/mol. The van der Waals surface area contributed by atoms with Crippen molar-refractivity contribution in [2.45, 2.75) is 30.8 Å². The predicted octanol–water partition coefficient (Wildman–Crippen LogP) is 1.16. The van der Waals surface area contributed by atoms with E-state index in [1.165, 1.54) is 4.31 Å². The average Bonchev–Trinajstić information content (AvgIpc) is 2.46. The van der Waals surface area contributed by atoms with Gasteiger partial charge >= 0.3 is 0 Å². The third-order valence-corrected chi connectivity index (χ3v) is 5.62. The van der Waals surface area contributed by atoms with Crippen LogP contribution in [0.2, 0.25) is 0 Å². The molecule has 1 saturated heterocycles. The minimum absolute atomic E-state index is 0.00171. The van der Waals surface area contributed by atoms with Crippen LogP contribution in [0.4, 0.5) is 0 Å². The summed E-state index contributed by atoms with van der Waals surface area (Å²) >= 11 is 0. The largest absolute Gasteiger partial charge is 0.394 e. The summed E-state index contributed by atoms with van der Waals surface area (Å²) in [4.78, 5) is 0.384. The summed E-state index contributed by atoms with van der Waals surface area (Å²) in [5, 5.41) is 8.73. The van der Waals surface area contributed by atoms with E-state index >= 15 is 0 Å². The van der Waals surface area contributed by atoms with Gasteiger partial charge < -0.3 is 9.84 Å². The number of hydrogen-bond donors (Lipinski definition) is 1. The molecule has 1 aliphatic heterocycles. The van der Waals surface area contributed by atoms with Crippen LogP contribution in [0.25, 0.3) is 0 Å². The number of ether oxygens (including phenoxy) is 1. The molecule has 5 nitrogen and oxygen atoms in total. The number of benzene rings is 1. The normalized spacial score (nSPS) is 18.3. The molecule has 20 heavy (non-hydrogen) atoms. The summed E-state index contributed by atoms with van der Waals surface area (Å²) in [6.45, 7) is 3.06. The van der Waals surface area contributed by atoms with Crippen molar-refractivity contribution in [3.8, 4) is 0 Å². The third-order valence-electron chi connectivity index (χ3n) is 3.56. The molecule has 1 N–H and O–H groups in total. The first kappa shape index (κ1) is 15.4. The van der Waals surface area contributed by atoms with E-state index in [2.05, 4.69) is 0 Å². The standard InChI is InChI=1S/C14H21NO4S/c1-12-4-2-3-5-14(12)20(17,18)15-8-6-13(7-9-15)19-11-10-16/h2-5,13,16H,6-11H2,1H3. The molecule has 1 heterocycles. The van der Waals surface area contributed by atoms with Gasteiger partial charge in [0.25, 0.3) is 0 Å². The van der Waals surface area contributed by atoms with Gasteiger partial charge in [-0.25, -0.2) is 8.42 Å². The Hall–Kier alpha value is -0.950. The van der Waals surface area contributed by atoms with Gasteiger partial charge in [-0.15, -0.1) is 0 Å². The zero-order valence-corrected chi connectivity index (χ0v) is 12.5. The van der Waals surface area contributed by atoms with Gasteiger partial charge in [0, 0.05) is 13.1 Å². The van der Waals surface area contributed by atoms with Crippen molar-refractivity contribution in [3.05, 3.63) is 29.8 Å². The molecule has 1 aromatic carbocycles. The highest BCUT2D eigenvalue weighted by molar-refractivity contribution is 7.89. The van der Waals surface area contributed by atoms with E-state index in [0.29, 0.717) is 37.4 Å². The molecule has 1 fully saturated rings. The molecule has 0 atom stereocenters. The van der Waals surface area contributed by atoms with Crippen molar-refractivity contribution in [1.29, 1.82) is 0 Å². The summed E-state index contributed by atoms with van der Waals surface area (Å²) in [7, 11) is -3.41. The highest BCUT2D eigenvalue weighted by atomic mass is 32.2. The second-order valence-corrected chi connectivity index (χ2v) is 6.87. The maximum Gasteiger partial charge on any atom is 0.243 e. The van der Waals surface area contributed by atoms with Gasteiger partial charge in [0.05, 0.1) is 24.2 Å². The van der Waals surface area contributed by atoms with Crippen LogP contribution in [0.3, 0.4) is 0 Å². The number of sulfonamides is 1. The van der Waals surface area contributed by atoms with Crippen molar-refractivity contribution in [3.63, 3.8) is 0 Å². The first-order valence-electron chi connectivity index (χ1n) is 6.84. The second kappa shape index (κ2) is 6.67. The number of aryl methyl sites for hydroxylation is 1. The van der Waals surface area contributed by atoms with E-state index < -0.39 is 10.0 Å². The molecular formula is C14H21NO4S. The molecule has 6 heteroatoms. The van der Waals surface area contributed by atoms with E-state index in [9.17, 15) is 8.42 Å². The molecule has 0 bridgehead atoms. The molecule has 0 radical (unpaired) electrons. The lowest BCUT2D eigenvalue weighted by molar-refractivity contribution is 0.00318. The van der Waals surface area contributed by atoms with Crippen LogP contribution in [0.1, 0.15) is 18.4 Å². The molecule has 0 spiro atoms. The summed E-state index contributed by atoms with van der Waals surface area (Å²) in [6.07, 6.45) is 1.39. The predicted molar refractivity (Wildman–Crippen MR) is 76.0 cm³/mol. The number of aliphatic hydroxyl groups excluding tert-OH is 1. The van der Waals surface area contributed by atoms with Crippen molar-refractivity contribution < 1.29 is 18.3 Å². The minimum Gasteiger partial charge on any atom is -0.394 e. The highest BCUT2D eigenvalue weighted by Crippen LogP contribution is 2.24. The first-order valence-corrected chi connectivity index (χ1v) is 8.28. The molecule has 0 amide bonds. The fraction of sp³-hybridized carbons (Fsp3) is 0.571. The van der Waals surface area contributed by atoms with Crippen molar-refractivity contribution >= 4 is 10.0 Å². The van der Waals surface area contributed by atoms with Crippen LogP contribution in [-0.2, 0) is 14.8 Å². The summed E-state index contributed by atoms with van der Waals surface area (Å²) in [6, 6.07) is 7.04. The number of hydrogen-bond acceptors (Lipinski definition) is 4. The average molecular weight is 299 g/mol. The van der Waals surface area contributed by atoms with Gasteiger partial charge in [0.15, 0.2) is 0 Å². The van der Waals surface area contributed by atoms with Crippen molar-refractivity contribution in [2.24, 2.45) is 0 Å². The van der Waals surface area contributed by atoms with Crippen molar-refractivity contribution in [1.82, 2.24) is 4.31 Å². The van der Waals surface area contributed by atoms with Crippen LogP contribution in [0.15, 0.2) is 29.2 Å². The van der Waals surface area contributed by atoms with Crippen LogP contribution >= 0.6 is 0 Å². The Morgan fingerprint density at radius 1 is 1.30 bits per heavy atom. The van der Waals surface area contributed by atoms with Gasteiger partial charge in [-0.05, 0) is 31.4 Å². The fourth-order valence-electron chi connectivity index (χ4n) is 2.44. The Bertz CT molecular complexity index is 536. The lowest BCUT2D eigenvalue weighted by Crippen LogP contribution is -2.41. The van der Waals surface area contributed by atoms with Crippen molar-refractivity contribution in [2.75, 3.05) is 26.3 Å². The van der Waals surface area contributed by atoms with Gasteiger partial charge in [-0.2, -0.15) is 4.31 Å². The van der Waals surface area contributed by atoms with Gasteiger partial charge in [0.1, 0.15) is 0 Å². The SMILES string of the molecule is Cc1ccccc1S(=O)(=O)N1CCC(OCCO)CC1. The molecular weight excluding hydrogens is 278 g/mol. The molecule has 0 saturated carbocycles. The van der Waals surface area contributed by atoms with Crippen LogP contribution in [0, 0.1) is 6.92 Å². The van der Waals surface area contributed by atoms with E-state index in [-0.39, 0.29) is 12.7 Å². The van der Waals surface area contributed by atoms with Crippen LogP contribution in [-0.4, -0.2) is 50.2 Å². The lowest BCUT2D eigenvalue weighted by atomic mass is 10.1. The molecule has 1 aromatic rings. The molecule has 1 aliphatic rings. The summed E-state index contributed by atoms with van der Waals surface area (Å²) < 4.78 is 32.1. The minimum atomic E-state index is -3.41. The highest BCUT2D eigenvalue weighted by Gasteiger charge is 2.30. The second-order valence-electron chi connectivity index (χ2n) is 4.96. The molecule has 0 unspecified atom stereocenters. The maximum absolute atomic E-state index is 12.6. The van der Waals surface area contributed by atoms with E-state index in [4.69, 9.17) is 9.84 Å². The fourth-order valence-corrected chi connectivity index (χ4v) is 4.14. The topological polar surface area (TPSA) is 66.8 Å². The van der Waals surface area contributed by atoms with E-state index in [1.54, 1.807) is 12.1 Å². The quantitative estimate of drug-likeness (QED) is 0.886. The number of rotatable bonds is 5. The number of aliphatic hydroxyl groups is 1. The Morgan fingerprint density at radius 2 is 1.95 bits per heavy atom. The Morgan fingerprint density at radius 3 is 2.55 bits per heavy atom. The Labute approximate surface area is 120 Å². The van der Waals surface area contributed by atoms with E-state index in [1.807, 2.05) is 19.1 Å². The van der Waals surface area contributed by atoms with Gasteiger partial charge in [0.2, 0.25) is 10.0 Å². The maximum atomic E-state index is 12.6. The van der Waals surface area contributed by atoms with Crippen LogP contribution in [0.5, 0.6) is 0 Å². The number of piperidine rings is 1.